The number of rotatable bonds is 6. The normalized spacial score (nSPS) is 13.5. The van der Waals surface area contributed by atoms with Gasteiger partial charge in [-0.15, -0.1) is 0 Å². The van der Waals surface area contributed by atoms with Crippen molar-refractivity contribution in [3.05, 3.63) is 99.7 Å². The first-order valence-corrected chi connectivity index (χ1v) is 11.3. The lowest BCUT2D eigenvalue weighted by molar-refractivity contribution is -0.120. The Kier molecular flexibility index (Phi) is 6.52. The highest BCUT2D eigenvalue weighted by molar-refractivity contribution is 6.53. The van der Waals surface area contributed by atoms with E-state index in [1.54, 1.807) is 36.4 Å². The van der Waals surface area contributed by atoms with E-state index in [1.807, 2.05) is 51.1 Å². The minimum Gasteiger partial charge on any atom is -0.350 e. The maximum atomic E-state index is 13.0. The SMILES string of the molecule is CCc1ccccc1NC(=O)c1ccc(NC2=C(Cl)C(=O)N(c3ccc(C)c(C)c3)C2=O)cc1. The van der Waals surface area contributed by atoms with Gasteiger partial charge in [0.2, 0.25) is 0 Å². The second-order valence-corrected chi connectivity index (χ2v) is 8.45. The van der Waals surface area contributed by atoms with Crippen LogP contribution < -0.4 is 15.5 Å². The zero-order valence-corrected chi connectivity index (χ0v) is 19.9. The monoisotopic (exact) mass is 473 g/mol. The molecule has 2 N–H and O–H groups in total. The predicted octanol–water partition coefficient (Wildman–Crippen LogP) is 5.55. The second-order valence-electron chi connectivity index (χ2n) is 8.07. The quantitative estimate of drug-likeness (QED) is 0.460. The van der Waals surface area contributed by atoms with Crippen LogP contribution in [0.1, 0.15) is 34.0 Å². The number of carbonyl (C=O) groups excluding carboxylic acids is 3. The summed E-state index contributed by atoms with van der Waals surface area (Å²) in [7, 11) is 0. The molecule has 1 aliphatic rings. The highest BCUT2D eigenvalue weighted by Gasteiger charge is 2.39. The molecular formula is C27H24ClN3O3. The number of nitrogens with one attached hydrogen (secondary N) is 2. The average molecular weight is 474 g/mol. The molecule has 0 saturated heterocycles. The molecule has 4 rings (SSSR count). The van der Waals surface area contributed by atoms with Gasteiger partial charge < -0.3 is 10.6 Å². The fourth-order valence-electron chi connectivity index (χ4n) is 3.70. The van der Waals surface area contributed by atoms with Gasteiger partial charge in [0.1, 0.15) is 10.7 Å². The van der Waals surface area contributed by atoms with E-state index in [-0.39, 0.29) is 16.6 Å². The van der Waals surface area contributed by atoms with Crippen molar-refractivity contribution in [3.63, 3.8) is 0 Å². The number of hydrogen-bond donors (Lipinski definition) is 2. The van der Waals surface area contributed by atoms with Crippen LogP contribution in [0.5, 0.6) is 0 Å². The minimum atomic E-state index is -0.581. The molecule has 6 nitrogen and oxygen atoms in total. The van der Waals surface area contributed by atoms with E-state index in [2.05, 4.69) is 10.6 Å². The number of benzene rings is 3. The van der Waals surface area contributed by atoms with Gasteiger partial charge in [0, 0.05) is 16.9 Å². The van der Waals surface area contributed by atoms with Crippen molar-refractivity contribution in [3.8, 4) is 0 Å². The van der Waals surface area contributed by atoms with Gasteiger partial charge in [0.05, 0.1) is 5.69 Å². The Morgan fingerprint density at radius 3 is 2.29 bits per heavy atom. The molecule has 7 heteroatoms. The van der Waals surface area contributed by atoms with Crippen molar-refractivity contribution < 1.29 is 14.4 Å². The van der Waals surface area contributed by atoms with E-state index < -0.39 is 11.8 Å². The van der Waals surface area contributed by atoms with Gasteiger partial charge in [-0.05, 0) is 79.4 Å². The average Bonchev–Trinajstić information content (AvgIpc) is 3.04. The van der Waals surface area contributed by atoms with Crippen LogP contribution in [0.3, 0.4) is 0 Å². The summed E-state index contributed by atoms with van der Waals surface area (Å²) in [5, 5.41) is 5.68. The summed E-state index contributed by atoms with van der Waals surface area (Å²) in [6.07, 6.45) is 0.807. The first-order chi connectivity index (χ1) is 16.3. The van der Waals surface area contributed by atoms with Crippen molar-refractivity contribution >= 4 is 46.4 Å². The van der Waals surface area contributed by atoms with Gasteiger partial charge in [0.15, 0.2) is 0 Å². The molecule has 1 aliphatic heterocycles. The first kappa shape index (κ1) is 23.3. The van der Waals surface area contributed by atoms with Crippen LogP contribution in [0.2, 0.25) is 0 Å². The summed E-state index contributed by atoms with van der Waals surface area (Å²) in [5.41, 5.74) is 5.30. The Hall–Kier alpha value is -3.90. The van der Waals surface area contributed by atoms with E-state index in [4.69, 9.17) is 11.6 Å². The Balaban J connectivity index is 1.49. The van der Waals surface area contributed by atoms with Crippen molar-refractivity contribution in [1.29, 1.82) is 0 Å². The van der Waals surface area contributed by atoms with Crippen molar-refractivity contribution in [2.75, 3.05) is 15.5 Å². The van der Waals surface area contributed by atoms with Crippen molar-refractivity contribution in [2.45, 2.75) is 27.2 Å². The van der Waals surface area contributed by atoms with Crippen molar-refractivity contribution in [2.24, 2.45) is 0 Å². The van der Waals surface area contributed by atoms with Gasteiger partial charge in [-0.25, -0.2) is 4.90 Å². The van der Waals surface area contributed by atoms with Crippen molar-refractivity contribution in [1.82, 2.24) is 0 Å². The molecule has 0 radical (unpaired) electrons. The van der Waals surface area contributed by atoms with Crippen LogP contribution in [0, 0.1) is 13.8 Å². The molecule has 0 saturated carbocycles. The zero-order valence-electron chi connectivity index (χ0n) is 19.1. The molecule has 0 spiro atoms. The summed E-state index contributed by atoms with van der Waals surface area (Å²) in [6, 6.07) is 19.6. The molecule has 172 valence electrons. The number of hydrogen-bond acceptors (Lipinski definition) is 4. The maximum absolute atomic E-state index is 13.0. The number of para-hydroxylation sites is 1. The van der Waals surface area contributed by atoms with Crippen LogP contribution in [0.15, 0.2) is 77.5 Å². The lowest BCUT2D eigenvalue weighted by atomic mass is 10.1. The standard InChI is InChI=1S/C27H24ClN3O3/c1-4-18-7-5-6-8-22(18)30-25(32)19-10-12-20(13-11-19)29-24-23(28)26(33)31(27(24)34)21-14-9-16(2)17(3)15-21/h5-15,29H,4H2,1-3H3,(H,30,32). The lowest BCUT2D eigenvalue weighted by Gasteiger charge is -2.16. The molecule has 0 bridgehead atoms. The fraction of sp³-hybridized carbons (Fsp3) is 0.148. The van der Waals surface area contributed by atoms with Gasteiger partial charge >= 0.3 is 0 Å². The summed E-state index contributed by atoms with van der Waals surface area (Å²) < 4.78 is 0. The van der Waals surface area contributed by atoms with E-state index in [0.29, 0.717) is 16.9 Å². The van der Waals surface area contributed by atoms with Crippen LogP contribution in [-0.2, 0) is 16.0 Å². The summed E-state index contributed by atoms with van der Waals surface area (Å²) in [6.45, 7) is 5.90. The molecule has 34 heavy (non-hydrogen) atoms. The largest absolute Gasteiger partial charge is 0.350 e. The van der Waals surface area contributed by atoms with E-state index in [1.165, 1.54) is 0 Å². The second kappa shape index (κ2) is 9.53. The fourth-order valence-corrected chi connectivity index (χ4v) is 3.92. The van der Waals surface area contributed by atoms with Gasteiger partial charge in [-0.2, -0.15) is 0 Å². The number of carbonyl (C=O) groups is 3. The van der Waals surface area contributed by atoms with E-state index in [0.717, 1.165) is 33.7 Å². The maximum Gasteiger partial charge on any atom is 0.283 e. The smallest absolute Gasteiger partial charge is 0.283 e. The Morgan fingerprint density at radius 2 is 1.62 bits per heavy atom. The number of aryl methyl sites for hydroxylation is 3. The number of halogens is 1. The molecule has 0 aliphatic carbocycles. The number of amides is 3. The third kappa shape index (κ3) is 4.45. The highest BCUT2D eigenvalue weighted by atomic mass is 35.5. The minimum absolute atomic E-state index is 0.000954. The predicted molar refractivity (Wildman–Crippen MR) is 135 cm³/mol. The van der Waals surface area contributed by atoms with E-state index >= 15 is 0 Å². The summed E-state index contributed by atoms with van der Waals surface area (Å²) in [4.78, 5) is 39.4. The molecule has 3 aromatic carbocycles. The van der Waals surface area contributed by atoms with Crippen LogP contribution in [-0.4, -0.2) is 17.7 Å². The zero-order chi connectivity index (χ0) is 24.4. The van der Waals surface area contributed by atoms with Crippen LogP contribution in [0.4, 0.5) is 17.1 Å². The molecular weight excluding hydrogens is 450 g/mol. The molecule has 0 fully saturated rings. The topological polar surface area (TPSA) is 78.5 Å². The lowest BCUT2D eigenvalue weighted by Crippen LogP contribution is -2.32. The molecule has 0 aromatic heterocycles. The molecule has 0 atom stereocenters. The molecule has 0 unspecified atom stereocenters. The van der Waals surface area contributed by atoms with Gasteiger partial charge in [0.25, 0.3) is 17.7 Å². The number of nitrogens with zero attached hydrogens (tertiary/aromatic N) is 1. The summed E-state index contributed by atoms with van der Waals surface area (Å²) >= 11 is 6.23. The number of anilines is 3. The first-order valence-electron chi connectivity index (χ1n) is 10.9. The highest BCUT2D eigenvalue weighted by Crippen LogP contribution is 2.31. The molecule has 3 aromatic rings. The van der Waals surface area contributed by atoms with E-state index in [9.17, 15) is 14.4 Å². The molecule has 3 amide bonds. The van der Waals surface area contributed by atoms with Gasteiger partial charge in [-0.3, -0.25) is 14.4 Å². The third-order valence-corrected chi connectivity index (χ3v) is 6.19. The Labute approximate surface area is 203 Å². The van der Waals surface area contributed by atoms with Crippen LogP contribution in [0.25, 0.3) is 0 Å². The Morgan fingerprint density at radius 1 is 0.912 bits per heavy atom. The molecule has 1 heterocycles. The number of imide groups is 1. The Bertz CT molecular complexity index is 1330. The van der Waals surface area contributed by atoms with Gasteiger partial charge in [-0.1, -0.05) is 42.8 Å². The van der Waals surface area contributed by atoms with Crippen LogP contribution >= 0.6 is 11.6 Å². The third-order valence-electron chi connectivity index (χ3n) is 5.84. The summed E-state index contributed by atoms with van der Waals surface area (Å²) in [5.74, 6) is -1.35.